The number of esters is 3. The minimum Gasteiger partial charge on any atom is -0.462 e. The molecule has 0 aromatic rings. The van der Waals surface area contributed by atoms with Crippen molar-refractivity contribution in [3.63, 3.8) is 0 Å². The van der Waals surface area contributed by atoms with E-state index in [2.05, 4.69) is 81.5 Å². The van der Waals surface area contributed by atoms with Crippen LogP contribution in [0, 0.1) is 0 Å². The molecule has 0 N–H and O–H groups in total. The van der Waals surface area contributed by atoms with Gasteiger partial charge in [0.2, 0.25) is 0 Å². The standard InChI is InChI=1S/C72H130O6/c1-4-7-10-13-16-19-21-23-25-27-28-29-30-31-32-33-34-35-36-37-38-39-40-41-42-43-44-45-47-48-50-53-56-59-62-65-71(74)77-68-69(67-76-70(73)64-61-58-55-52-18-15-12-9-6-3)78-72(75)66-63-60-57-54-51-49-46-26-24-22-20-17-14-11-8-5-2/h7,10,16,19,23,25,28-29,31-32,69H,4-6,8-9,11-15,17-18,20-22,24,26-27,30,33-68H2,1-3H3/b10-7-,19-16-,25-23-,29-28-,32-31-. The summed E-state index contributed by atoms with van der Waals surface area (Å²) < 4.78 is 16.9. The molecule has 0 spiro atoms. The number of allylic oxidation sites excluding steroid dienone is 10. The highest BCUT2D eigenvalue weighted by molar-refractivity contribution is 5.71. The van der Waals surface area contributed by atoms with Crippen LogP contribution in [-0.2, 0) is 28.6 Å². The minimum atomic E-state index is -0.767. The van der Waals surface area contributed by atoms with Gasteiger partial charge < -0.3 is 14.2 Å². The van der Waals surface area contributed by atoms with Crippen molar-refractivity contribution in [3.8, 4) is 0 Å². The van der Waals surface area contributed by atoms with Gasteiger partial charge in [0.25, 0.3) is 0 Å². The van der Waals surface area contributed by atoms with E-state index in [4.69, 9.17) is 14.2 Å². The molecule has 6 nitrogen and oxygen atoms in total. The van der Waals surface area contributed by atoms with Crippen LogP contribution < -0.4 is 0 Å². The first-order valence-electron chi connectivity index (χ1n) is 34.3. The lowest BCUT2D eigenvalue weighted by molar-refractivity contribution is -0.167. The van der Waals surface area contributed by atoms with Crippen molar-refractivity contribution in [3.05, 3.63) is 60.8 Å². The van der Waals surface area contributed by atoms with Gasteiger partial charge in [-0.1, -0.05) is 338 Å². The maximum atomic E-state index is 12.9. The molecule has 0 aliphatic rings. The molecular formula is C72H130O6. The zero-order chi connectivity index (χ0) is 56.4. The van der Waals surface area contributed by atoms with E-state index in [1.165, 1.54) is 231 Å². The zero-order valence-corrected chi connectivity index (χ0v) is 52.2. The molecule has 0 fully saturated rings. The largest absolute Gasteiger partial charge is 0.462 e. The maximum Gasteiger partial charge on any atom is 0.306 e. The molecule has 0 aromatic heterocycles. The van der Waals surface area contributed by atoms with Crippen molar-refractivity contribution >= 4 is 17.9 Å². The second kappa shape index (κ2) is 66.6. The predicted molar refractivity (Wildman–Crippen MR) is 339 cm³/mol. The zero-order valence-electron chi connectivity index (χ0n) is 52.2. The van der Waals surface area contributed by atoms with Crippen LogP contribution in [-0.4, -0.2) is 37.2 Å². The summed E-state index contributed by atoms with van der Waals surface area (Å²) in [6.45, 7) is 6.56. The van der Waals surface area contributed by atoms with E-state index in [0.717, 1.165) is 89.9 Å². The highest BCUT2D eigenvalue weighted by Gasteiger charge is 2.19. The summed E-state index contributed by atoms with van der Waals surface area (Å²) in [4.78, 5) is 38.2. The van der Waals surface area contributed by atoms with Gasteiger partial charge in [-0.3, -0.25) is 14.4 Å². The smallest absolute Gasteiger partial charge is 0.306 e. The fourth-order valence-electron chi connectivity index (χ4n) is 10.2. The van der Waals surface area contributed by atoms with Crippen LogP contribution in [0.2, 0.25) is 0 Å². The Morgan fingerprint density at radius 2 is 0.500 bits per heavy atom. The second-order valence-electron chi connectivity index (χ2n) is 23.1. The summed E-state index contributed by atoms with van der Waals surface area (Å²) in [6, 6.07) is 0. The van der Waals surface area contributed by atoms with Gasteiger partial charge in [0.1, 0.15) is 13.2 Å². The Bertz CT molecular complexity index is 1390. The normalized spacial score (nSPS) is 12.4. The van der Waals surface area contributed by atoms with Gasteiger partial charge in [-0.2, -0.15) is 0 Å². The van der Waals surface area contributed by atoms with Crippen LogP contribution in [0.15, 0.2) is 60.8 Å². The van der Waals surface area contributed by atoms with Crippen molar-refractivity contribution in [2.45, 2.75) is 367 Å². The SMILES string of the molecule is CC/C=C\C/C=C\C/C=C\C/C=C\C/C=C\CCCCCCCCCCCCCCCCCCCCCC(=O)OCC(COC(=O)CCCCCCCCCCC)OC(=O)CCCCCCCCCCCCCCCCCC. The van der Waals surface area contributed by atoms with E-state index < -0.39 is 6.10 Å². The third-order valence-electron chi connectivity index (χ3n) is 15.3. The van der Waals surface area contributed by atoms with Crippen LogP contribution in [0.3, 0.4) is 0 Å². The van der Waals surface area contributed by atoms with Crippen LogP contribution in [0.5, 0.6) is 0 Å². The van der Waals surface area contributed by atoms with Gasteiger partial charge in [-0.05, 0) is 64.2 Å². The molecule has 0 rings (SSSR count). The third kappa shape index (κ3) is 63.9. The van der Waals surface area contributed by atoms with E-state index in [9.17, 15) is 14.4 Å². The van der Waals surface area contributed by atoms with Crippen LogP contribution in [0.4, 0.5) is 0 Å². The van der Waals surface area contributed by atoms with E-state index in [1.807, 2.05) is 0 Å². The molecule has 0 aliphatic heterocycles. The Morgan fingerprint density at radius 3 is 0.782 bits per heavy atom. The molecule has 0 radical (unpaired) electrons. The first-order valence-corrected chi connectivity index (χ1v) is 34.3. The minimum absolute atomic E-state index is 0.0662. The Balaban J connectivity index is 4.01. The number of carbonyl (C=O) groups excluding carboxylic acids is 3. The molecule has 0 amide bonds. The third-order valence-corrected chi connectivity index (χ3v) is 15.3. The Morgan fingerprint density at radius 1 is 0.269 bits per heavy atom. The number of carbonyl (C=O) groups is 3. The van der Waals surface area contributed by atoms with Crippen molar-refractivity contribution in [2.75, 3.05) is 13.2 Å². The number of rotatable bonds is 63. The lowest BCUT2D eigenvalue weighted by Gasteiger charge is -2.18. The molecule has 6 heteroatoms. The Kier molecular flexibility index (Phi) is 64.2. The van der Waals surface area contributed by atoms with Crippen LogP contribution in [0.25, 0.3) is 0 Å². The summed E-state index contributed by atoms with van der Waals surface area (Å²) in [7, 11) is 0. The topological polar surface area (TPSA) is 78.9 Å². The Hall–Kier alpha value is -2.89. The first-order chi connectivity index (χ1) is 38.5. The van der Waals surface area contributed by atoms with Crippen molar-refractivity contribution in [2.24, 2.45) is 0 Å². The van der Waals surface area contributed by atoms with Crippen molar-refractivity contribution in [1.82, 2.24) is 0 Å². The lowest BCUT2D eigenvalue weighted by Crippen LogP contribution is -2.30. The number of hydrogen-bond acceptors (Lipinski definition) is 6. The average molecular weight is 1090 g/mol. The molecular weight excluding hydrogens is 961 g/mol. The predicted octanol–water partition coefficient (Wildman–Crippen LogP) is 23.5. The van der Waals surface area contributed by atoms with Gasteiger partial charge in [-0.25, -0.2) is 0 Å². The molecule has 0 bridgehead atoms. The van der Waals surface area contributed by atoms with Gasteiger partial charge in [0.05, 0.1) is 0 Å². The second-order valence-corrected chi connectivity index (χ2v) is 23.1. The number of hydrogen-bond donors (Lipinski definition) is 0. The summed E-state index contributed by atoms with van der Waals surface area (Å²) >= 11 is 0. The molecule has 78 heavy (non-hydrogen) atoms. The average Bonchev–Trinajstić information content (AvgIpc) is 3.44. The maximum absolute atomic E-state index is 12.9. The molecule has 1 unspecified atom stereocenters. The van der Waals surface area contributed by atoms with E-state index in [0.29, 0.717) is 19.3 Å². The fourth-order valence-corrected chi connectivity index (χ4v) is 10.2. The highest BCUT2D eigenvalue weighted by Crippen LogP contribution is 2.18. The first kappa shape index (κ1) is 75.1. The highest BCUT2D eigenvalue weighted by atomic mass is 16.6. The molecule has 0 aromatic carbocycles. The van der Waals surface area contributed by atoms with Gasteiger partial charge in [0, 0.05) is 19.3 Å². The summed E-state index contributed by atoms with van der Waals surface area (Å²) in [5.74, 6) is -0.844. The summed E-state index contributed by atoms with van der Waals surface area (Å²) in [6.07, 6.45) is 85.5. The van der Waals surface area contributed by atoms with Crippen LogP contribution >= 0.6 is 0 Å². The molecule has 0 saturated heterocycles. The van der Waals surface area contributed by atoms with E-state index in [-0.39, 0.29) is 31.1 Å². The molecule has 1 atom stereocenters. The molecule has 0 aliphatic carbocycles. The molecule has 454 valence electrons. The van der Waals surface area contributed by atoms with Crippen molar-refractivity contribution in [1.29, 1.82) is 0 Å². The van der Waals surface area contributed by atoms with Crippen LogP contribution in [0.1, 0.15) is 361 Å². The summed E-state index contributed by atoms with van der Waals surface area (Å²) in [5, 5.41) is 0. The Labute approximate surface area is 485 Å². The summed E-state index contributed by atoms with van der Waals surface area (Å²) in [5.41, 5.74) is 0. The molecule has 0 heterocycles. The van der Waals surface area contributed by atoms with Gasteiger partial charge >= 0.3 is 17.9 Å². The van der Waals surface area contributed by atoms with E-state index in [1.54, 1.807) is 0 Å². The van der Waals surface area contributed by atoms with Gasteiger partial charge in [-0.15, -0.1) is 0 Å². The fraction of sp³-hybridized carbons (Fsp3) is 0.819. The van der Waals surface area contributed by atoms with E-state index >= 15 is 0 Å². The van der Waals surface area contributed by atoms with Gasteiger partial charge in [0.15, 0.2) is 6.10 Å². The lowest BCUT2D eigenvalue weighted by atomic mass is 10.0. The molecule has 0 saturated carbocycles. The number of unbranched alkanes of at least 4 members (excludes halogenated alkanes) is 42. The monoisotopic (exact) mass is 1090 g/mol. The quantitative estimate of drug-likeness (QED) is 0.0261. The number of ether oxygens (including phenoxy) is 3. The van der Waals surface area contributed by atoms with Crippen molar-refractivity contribution < 1.29 is 28.6 Å².